The zero-order valence-electron chi connectivity index (χ0n) is 29.5. The molecule has 2 amide bonds. The summed E-state index contributed by atoms with van der Waals surface area (Å²) in [4.78, 5) is 39.2. The third-order valence-electron chi connectivity index (χ3n) is 10.4. The van der Waals surface area contributed by atoms with E-state index >= 15 is 0 Å². The van der Waals surface area contributed by atoms with Gasteiger partial charge in [0, 0.05) is 49.0 Å². The predicted molar refractivity (Wildman–Crippen MR) is 186 cm³/mol. The van der Waals surface area contributed by atoms with E-state index in [0.29, 0.717) is 31.5 Å². The average Bonchev–Trinajstić information content (AvgIpc) is 3.07. The van der Waals surface area contributed by atoms with Crippen molar-refractivity contribution in [2.45, 2.75) is 135 Å². The van der Waals surface area contributed by atoms with Crippen molar-refractivity contribution in [2.24, 2.45) is 11.8 Å². The van der Waals surface area contributed by atoms with Crippen molar-refractivity contribution in [1.82, 2.24) is 15.5 Å². The molecule has 2 heterocycles. The summed E-state index contributed by atoms with van der Waals surface area (Å²) in [6.45, 7) is 9.20. The van der Waals surface area contributed by atoms with E-state index < -0.39 is 12.3 Å². The number of nitrogens with one attached hydrogen (secondary N) is 2. The van der Waals surface area contributed by atoms with Gasteiger partial charge in [0.25, 0.3) is 0 Å². The number of ether oxygens (including phenoxy) is 2. The molecule has 1 aliphatic carbocycles. The normalized spacial score (nSPS) is 27.6. The van der Waals surface area contributed by atoms with Gasteiger partial charge in [-0.15, -0.1) is 0 Å². The number of carbonyl (C=O) groups is 3. The Balaban J connectivity index is 1.36. The molecule has 0 radical (unpaired) electrons. The van der Waals surface area contributed by atoms with Crippen molar-refractivity contribution in [3.8, 4) is 0 Å². The van der Waals surface area contributed by atoms with Crippen LogP contribution in [-0.4, -0.2) is 63.2 Å². The molecule has 4 N–H and O–H groups in total. The maximum atomic E-state index is 13.8. The summed E-state index contributed by atoms with van der Waals surface area (Å²) in [6.07, 6.45) is 5.96. The van der Waals surface area contributed by atoms with E-state index in [1.165, 1.54) is 19.3 Å². The number of hydrogen-bond acceptors (Lipinski definition) is 7. The Labute approximate surface area is 290 Å². The fourth-order valence-corrected chi connectivity index (χ4v) is 7.75. The number of benzene rings is 2. The Hall–Kier alpha value is -3.31. The maximum absolute atomic E-state index is 13.8. The van der Waals surface area contributed by atoms with E-state index in [0.717, 1.165) is 41.5 Å². The van der Waals surface area contributed by atoms with Gasteiger partial charge in [0.2, 0.25) is 11.8 Å². The van der Waals surface area contributed by atoms with Crippen molar-refractivity contribution >= 4 is 17.8 Å². The number of aliphatic hydroxyl groups is 1. The quantitative estimate of drug-likeness (QED) is 0.222. The minimum absolute atomic E-state index is 0.0119. The molecule has 2 aliphatic heterocycles. The highest BCUT2D eigenvalue weighted by molar-refractivity contribution is 5.82. The molecular formula is C39H55N3O7. The molecule has 2 aromatic carbocycles. The molecule has 49 heavy (non-hydrogen) atoms. The Kier molecular flexibility index (Phi) is 12.5. The van der Waals surface area contributed by atoms with Gasteiger partial charge >= 0.3 is 5.97 Å². The summed E-state index contributed by atoms with van der Waals surface area (Å²) in [5.41, 5.74) is 3.31. The van der Waals surface area contributed by atoms with E-state index in [-0.39, 0.29) is 61.0 Å². The van der Waals surface area contributed by atoms with Gasteiger partial charge in [-0.3, -0.25) is 19.3 Å². The lowest BCUT2D eigenvalue weighted by Crippen LogP contribution is -2.61. The second-order valence-electron chi connectivity index (χ2n) is 15.2. The lowest BCUT2D eigenvalue weighted by molar-refractivity contribution is -0.278. The number of amides is 2. The van der Waals surface area contributed by atoms with Gasteiger partial charge in [0.05, 0.1) is 24.9 Å². The third-order valence-corrected chi connectivity index (χ3v) is 10.4. The van der Waals surface area contributed by atoms with Crippen molar-refractivity contribution in [3.05, 3.63) is 70.8 Å². The van der Waals surface area contributed by atoms with E-state index in [1.807, 2.05) is 69.3 Å². The molecule has 3 aliphatic rings. The van der Waals surface area contributed by atoms with Crippen LogP contribution in [-0.2, 0) is 37.0 Å². The molecule has 268 valence electrons. The van der Waals surface area contributed by atoms with Crippen molar-refractivity contribution in [1.29, 1.82) is 0 Å². The number of aliphatic carboxylic acids is 1. The molecule has 2 saturated heterocycles. The Morgan fingerprint density at radius 3 is 2.22 bits per heavy atom. The lowest BCUT2D eigenvalue weighted by Gasteiger charge is -2.51. The van der Waals surface area contributed by atoms with E-state index in [4.69, 9.17) is 14.6 Å². The highest BCUT2D eigenvalue weighted by atomic mass is 16.7. The summed E-state index contributed by atoms with van der Waals surface area (Å²) >= 11 is 0. The van der Waals surface area contributed by atoms with E-state index in [1.54, 1.807) is 0 Å². The SMILES string of the molecule is C[C@@H]1[C@H](CN2[C@@H](C(=O)NC(C)(C)C)CC[C@H]3CCCC[C@H]32)O[C@H](c2ccc(CNC(=O)CCCC(=O)O)cc2)O[C@@H]1c1ccc(CO)cc1. The second-order valence-corrected chi connectivity index (χ2v) is 15.2. The largest absolute Gasteiger partial charge is 0.481 e. The standard InChI is InChI=1S/C39H55N3O7/c1-25-33(23-42-31-9-6-5-8-28(31)20-21-32(42)37(47)41-39(2,3)4)48-38(49-36(25)29-16-14-27(24-43)15-17-29)30-18-12-26(13-19-30)22-40-34(44)10-7-11-35(45)46/h12-19,25,28,31-33,36,38,43H,5-11,20-24H2,1-4H3,(H,40,44)(H,41,47)(H,45,46)/t25-,28-,31-,32-,33+,36+,38+/m1/s1. The smallest absolute Gasteiger partial charge is 0.303 e. The minimum atomic E-state index is -0.906. The number of carboxylic acids is 1. The van der Waals surface area contributed by atoms with Gasteiger partial charge in [0.1, 0.15) is 0 Å². The highest BCUT2D eigenvalue weighted by Crippen LogP contribution is 2.44. The molecular weight excluding hydrogens is 622 g/mol. The van der Waals surface area contributed by atoms with Crippen molar-refractivity contribution in [3.63, 3.8) is 0 Å². The molecule has 0 aromatic heterocycles. The van der Waals surface area contributed by atoms with Crippen LogP contribution in [0, 0.1) is 11.8 Å². The van der Waals surface area contributed by atoms with Crippen LogP contribution in [0.4, 0.5) is 0 Å². The van der Waals surface area contributed by atoms with Gasteiger partial charge in [0.15, 0.2) is 6.29 Å². The Bertz CT molecular complexity index is 1410. The first-order chi connectivity index (χ1) is 23.4. The first kappa shape index (κ1) is 37.0. The van der Waals surface area contributed by atoms with Crippen LogP contribution >= 0.6 is 0 Å². The number of carbonyl (C=O) groups excluding carboxylic acids is 2. The maximum Gasteiger partial charge on any atom is 0.303 e. The number of piperidine rings is 1. The van der Waals surface area contributed by atoms with E-state index in [9.17, 15) is 19.5 Å². The minimum Gasteiger partial charge on any atom is -0.481 e. The van der Waals surface area contributed by atoms with Gasteiger partial charge in [-0.25, -0.2) is 0 Å². The Morgan fingerprint density at radius 2 is 1.55 bits per heavy atom. The first-order valence-electron chi connectivity index (χ1n) is 18.1. The van der Waals surface area contributed by atoms with Crippen LogP contribution < -0.4 is 10.6 Å². The molecule has 0 bridgehead atoms. The summed E-state index contributed by atoms with van der Waals surface area (Å²) in [5, 5.41) is 24.6. The molecule has 1 saturated carbocycles. The number of aliphatic hydroxyl groups excluding tert-OH is 1. The predicted octanol–water partition coefficient (Wildman–Crippen LogP) is 5.78. The van der Waals surface area contributed by atoms with Crippen LogP contribution in [0.2, 0.25) is 0 Å². The molecule has 2 aromatic rings. The van der Waals surface area contributed by atoms with Crippen LogP contribution in [0.25, 0.3) is 0 Å². The van der Waals surface area contributed by atoms with Crippen molar-refractivity contribution < 1.29 is 34.1 Å². The molecule has 5 rings (SSSR count). The summed E-state index contributed by atoms with van der Waals surface area (Å²) < 4.78 is 13.6. The molecule has 7 atom stereocenters. The molecule has 3 fully saturated rings. The summed E-state index contributed by atoms with van der Waals surface area (Å²) in [7, 11) is 0. The first-order valence-corrected chi connectivity index (χ1v) is 18.1. The van der Waals surface area contributed by atoms with Crippen LogP contribution in [0.5, 0.6) is 0 Å². The summed E-state index contributed by atoms with van der Waals surface area (Å²) in [5.74, 6) is -0.416. The summed E-state index contributed by atoms with van der Waals surface area (Å²) in [6, 6.07) is 15.9. The van der Waals surface area contributed by atoms with Gasteiger partial charge < -0.3 is 30.3 Å². The molecule has 10 heteroatoms. The average molecular weight is 678 g/mol. The van der Waals surface area contributed by atoms with Crippen LogP contribution in [0.15, 0.2) is 48.5 Å². The third kappa shape index (κ3) is 9.90. The van der Waals surface area contributed by atoms with E-state index in [2.05, 4.69) is 22.5 Å². The fraction of sp³-hybridized carbons (Fsp3) is 0.615. The van der Waals surface area contributed by atoms with Gasteiger partial charge in [-0.05, 0) is 75.5 Å². The molecule has 0 unspecified atom stereocenters. The number of rotatable bonds is 12. The zero-order chi connectivity index (χ0) is 35.1. The van der Waals surface area contributed by atoms with Crippen molar-refractivity contribution in [2.75, 3.05) is 6.54 Å². The van der Waals surface area contributed by atoms with Gasteiger partial charge in [-0.1, -0.05) is 68.3 Å². The topological polar surface area (TPSA) is 137 Å². The fourth-order valence-electron chi connectivity index (χ4n) is 7.75. The zero-order valence-corrected chi connectivity index (χ0v) is 29.5. The number of nitrogens with zero attached hydrogens (tertiary/aromatic N) is 1. The lowest BCUT2D eigenvalue weighted by atomic mass is 9.75. The Morgan fingerprint density at radius 1 is 0.878 bits per heavy atom. The number of hydrogen-bond donors (Lipinski definition) is 4. The number of likely N-dealkylation sites (tertiary alicyclic amines) is 1. The monoisotopic (exact) mass is 677 g/mol. The van der Waals surface area contributed by atoms with Gasteiger partial charge in [-0.2, -0.15) is 0 Å². The second kappa shape index (κ2) is 16.6. The molecule has 10 nitrogen and oxygen atoms in total. The van der Waals surface area contributed by atoms with Crippen LogP contribution in [0.1, 0.15) is 120 Å². The number of carboxylic acid groups (broad SMARTS) is 1. The van der Waals surface area contributed by atoms with Crippen LogP contribution in [0.3, 0.4) is 0 Å². The highest BCUT2D eigenvalue weighted by Gasteiger charge is 2.46. The molecule has 0 spiro atoms. The number of fused-ring (bicyclic) bond motifs is 1.